The maximum atomic E-state index is 13.9. The Bertz CT molecular complexity index is 402. The van der Waals surface area contributed by atoms with Crippen molar-refractivity contribution in [3.8, 4) is 0 Å². The first kappa shape index (κ1) is 16.4. The maximum Gasteiger partial charge on any atom is 0.127 e. The summed E-state index contributed by atoms with van der Waals surface area (Å²) in [5.41, 5.74) is 0.533. The van der Waals surface area contributed by atoms with Crippen LogP contribution in [0.5, 0.6) is 0 Å². The summed E-state index contributed by atoms with van der Waals surface area (Å²) in [6.07, 6.45) is 1.54. The third-order valence-electron chi connectivity index (χ3n) is 4.31. The van der Waals surface area contributed by atoms with Gasteiger partial charge in [-0.3, -0.25) is 0 Å². The van der Waals surface area contributed by atoms with Crippen molar-refractivity contribution in [3.05, 3.63) is 34.6 Å². The van der Waals surface area contributed by atoms with E-state index in [2.05, 4.69) is 38.2 Å². The molecule has 0 spiro atoms. The van der Waals surface area contributed by atoms with Crippen LogP contribution >= 0.6 is 11.6 Å². The highest BCUT2D eigenvalue weighted by Crippen LogP contribution is 2.27. The fourth-order valence-corrected chi connectivity index (χ4v) is 2.68. The van der Waals surface area contributed by atoms with Gasteiger partial charge in [0.05, 0.1) is 0 Å². The second-order valence-electron chi connectivity index (χ2n) is 5.35. The number of likely N-dealkylation sites (N-methyl/N-ethyl adjacent to an activating group) is 2. The van der Waals surface area contributed by atoms with E-state index in [9.17, 15) is 4.39 Å². The summed E-state index contributed by atoms with van der Waals surface area (Å²) in [5.74, 6) is -0.232. The van der Waals surface area contributed by atoms with Crippen LogP contribution in [0.2, 0.25) is 5.02 Å². The van der Waals surface area contributed by atoms with E-state index >= 15 is 0 Å². The monoisotopic (exact) mass is 286 g/mol. The quantitative estimate of drug-likeness (QED) is 0.863. The van der Waals surface area contributed by atoms with Gasteiger partial charge in [0.15, 0.2) is 0 Å². The summed E-state index contributed by atoms with van der Waals surface area (Å²) in [6.45, 7) is 4.33. The zero-order valence-corrected chi connectivity index (χ0v) is 13.2. The molecule has 19 heavy (non-hydrogen) atoms. The molecule has 0 aromatic heterocycles. The molecule has 2 nitrogen and oxygen atoms in total. The Morgan fingerprint density at radius 3 is 2.47 bits per heavy atom. The first-order valence-electron chi connectivity index (χ1n) is 6.64. The van der Waals surface area contributed by atoms with Crippen molar-refractivity contribution in [2.75, 3.05) is 21.1 Å². The molecule has 0 heterocycles. The molecule has 0 aliphatic rings. The van der Waals surface area contributed by atoms with Crippen molar-refractivity contribution < 1.29 is 4.39 Å². The normalized spacial score (nSPS) is 16.4. The average Bonchev–Trinajstić information content (AvgIpc) is 2.37. The smallest absolute Gasteiger partial charge is 0.127 e. The van der Waals surface area contributed by atoms with Gasteiger partial charge in [-0.1, -0.05) is 24.6 Å². The SMILES string of the molecule is CCC(C)(C(Cc1c(F)cccc1Cl)NC)N(C)C. The molecule has 1 rings (SSSR count). The van der Waals surface area contributed by atoms with Crippen LogP contribution in [0.15, 0.2) is 18.2 Å². The van der Waals surface area contributed by atoms with E-state index in [0.717, 1.165) is 6.42 Å². The van der Waals surface area contributed by atoms with E-state index < -0.39 is 0 Å². The average molecular weight is 287 g/mol. The summed E-state index contributed by atoms with van der Waals surface area (Å²) < 4.78 is 13.9. The summed E-state index contributed by atoms with van der Waals surface area (Å²) in [4.78, 5) is 2.18. The molecule has 0 saturated heterocycles. The van der Waals surface area contributed by atoms with Crippen LogP contribution in [0.25, 0.3) is 0 Å². The van der Waals surface area contributed by atoms with Gasteiger partial charge < -0.3 is 10.2 Å². The summed E-state index contributed by atoms with van der Waals surface area (Å²) in [6, 6.07) is 4.97. The Morgan fingerprint density at radius 2 is 2.05 bits per heavy atom. The van der Waals surface area contributed by atoms with Crippen LogP contribution < -0.4 is 5.32 Å². The van der Waals surface area contributed by atoms with Crippen molar-refractivity contribution in [2.45, 2.75) is 38.3 Å². The minimum absolute atomic E-state index is 0.0552. The second-order valence-corrected chi connectivity index (χ2v) is 5.76. The Labute approximate surface area is 120 Å². The molecule has 2 unspecified atom stereocenters. The topological polar surface area (TPSA) is 15.3 Å². The van der Waals surface area contributed by atoms with Gasteiger partial charge in [0, 0.05) is 22.2 Å². The number of hydrogen-bond acceptors (Lipinski definition) is 2. The molecule has 0 radical (unpaired) electrons. The lowest BCUT2D eigenvalue weighted by Gasteiger charge is -2.43. The lowest BCUT2D eigenvalue weighted by molar-refractivity contribution is 0.116. The molecule has 1 aromatic rings. The van der Waals surface area contributed by atoms with Crippen molar-refractivity contribution in [1.29, 1.82) is 0 Å². The van der Waals surface area contributed by atoms with E-state index in [4.69, 9.17) is 11.6 Å². The van der Waals surface area contributed by atoms with E-state index in [1.165, 1.54) is 6.07 Å². The van der Waals surface area contributed by atoms with Crippen LogP contribution in [0.3, 0.4) is 0 Å². The van der Waals surface area contributed by atoms with Crippen LogP contribution in [0, 0.1) is 5.82 Å². The van der Waals surface area contributed by atoms with E-state index in [0.29, 0.717) is 17.0 Å². The zero-order chi connectivity index (χ0) is 14.6. The lowest BCUT2D eigenvalue weighted by atomic mass is 9.84. The molecule has 0 aliphatic heterocycles. The number of halogens is 2. The number of rotatable bonds is 6. The molecule has 0 amide bonds. The summed E-state index contributed by atoms with van der Waals surface area (Å²) >= 11 is 6.12. The van der Waals surface area contributed by atoms with Crippen molar-refractivity contribution in [3.63, 3.8) is 0 Å². The number of nitrogens with one attached hydrogen (secondary N) is 1. The lowest BCUT2D eigenvalue weighted by Crippen LogP contribution is -2.57. The highest BCUT2D eigenvalue weighted by Gasteiger charge is 2.34. The minimum atomic E-state index is -0.232. The van der Waals surface area contributed by atoms with Gasteiger partial charge in [-0.05, 0) is 53.0 Å². The summed E-state index contributed by atoms with van der Waals surface area (Å²) in [7, 11) is 6.02. The van der Waals surface area contributed by atoms with Crippen LogP contribution in [-0.2, 0) is 6.42 Å². The van der Waals surface area contributed by atoms with Gasteiger partial charge in [0.25, 0.3) is 0 Å². The van der Waals surface area contributed by atoms with E-state index in [-0.39, 0.29) is 17.4 Å². The molecule has 1 N–H and O–H groups in total. The molecule has 0 aliphatic carbocycles. The van der Waals surface area contributed by atoms with Crippen LogP contribution in [-0.4, -0.2) is 37.6 Å². The zero-order valence-electron chi connectivity index (χ0n) is 12.4. The highest BCUT2D eigenvalue weighted by atomic mass is 35.5. The molecule has 0 fully saturated rings. The molecule has 1 aromatic carbocycles. The maximum absolute atomic E-state index is 13.9. The Hall–Kier alpha value is -0.640. The minimum Gasteiger partial charge on any atom is -0.315 e. The van der Waals surface area contributed by atoms with Crippen molar-refractivity contribution in [2.24, 2.45) is 0 Å². The number of benzene rings is 1. The highest BCUT2D eigenvalue weighted by molar-refractivity contribution is 6.31. The number of hydrogen-bond donors (Lipinski definition) is 1. The molecular weight excluding hydrogens is 263 g/mol. The molecule has 4 heteroatoms. The van der Waals surface area contributed by atoms with Gasteiger partial charge in [-0.25, -0.2) is 4.39 Å². The summed E-state index contributed by atoms with van der Waals surface area (Å²) in [5, 5.41) is 3.81. The predicted molar refractivity (Wildman–Crippen MR) is 80.3 cm³/mol. The first-order chi connectivity index (χ1) is 8.86. The standard InChI is InChI=1S/C15H24ClFN2/c1-6-15(2,19(4)5)14(18-3)10-11-12(16)8-7-9-13(11)17/h7-9,14,18H,6,10H2,1-5H3. The van der Waals surface area contributed by atoms with E-state index in [1.54, 1.807) is 12.1 Å². The van der Waals surface area contributed by atoms with Crippen LogP contribution in [0.1, 0.15) is 25.8 Å². The Balaban J connectivity index is 3.06. The van der Waals surface area contributed by atoms with Gasteiger partial charge >= 0.3 is 0 Å². The first-order valence-corrected chi connectivity index (χ1v) is 7.02. The predicted octanol–water partition coefficient (Wildman–Crippen LogP) is 3.34. The van der Waals surface area contributed by atoms with Gasteiger partial charge in [-0.15, -0.1) is 0 Å². The second kappa shape index (κ2) is 6.69. The molecule has 2 atom stereocenters. The van der Waals surface area contributed by atoms with E-state index in [1.807, 2.05) is 7.05 Å². The van der Waals surface area contributed by atoms with Gasteiger partial charge in [0.2, 0.25) is 0 Å². The van der Waals surface area contributed by atoms with Crippen LogP contribution in [0.4, 0.5) is 4.39 Å². The fraction of sp³-hybridized carbons (Fsp3) is 0.600. The third-order valence-corrected chi connectivity index (χ3v) is 4.66. The Kier molecular flexibility index (Phi) is 5.78. The fourth-order valence-electron chi connectivity index (χ4n) is 2.44. The third kappa shape index (κ3) is 3.47. The van der Waals surface area contributed by atoms with Gasteiger partial charge in [0.1, 0.15) is 5.82 Å². The van der Waals surface area contributed by atoms with Crippen molar-refractivity contribution in [1.82, 2.24) is 10.2 Å². The van der Waals surface area contributed by atoms with Crippen molar-refractivity contribution >= 4 is 11.6 Å². The molecular formula is C15H24ClFN2. The number of nitrogens with zero attached hydrogens (tertiary/aromatic N) is 1. The van der Waals surface area contributed by atoms with Gasteiger partial charge in [-0.2, -0.15) is 0 Å². The molecule has 0 saturated carbocycles. The largest absolute Gasteiger partial charge is 0.315 e. The molecule has 108 valence electrons. The Morgan fingerprint density at radius 1 is 1.42 bits per heavy atom. The molecule has 0 bridgehead atoms.